The summed E-state index contributed by atoms with van der Waals surface area (Å²) in [6.07, 6.45) is 0.133. The van der Waals surface area contributed by atoms with Crippen molar-refractivity contribution in [3.05, 3.63) is 52.5 Å². The second-order valence-electron chi connectivity index (χ2n) is 5.56. The number of anilines is 2. The number of rotatable bonds is 6. The first kappa shape index (κ1) is 17.3. The number of carbonyl (C=O) groups excluding carboxylic acids is 1. The maximum Gasteiger partial charge on any atom is 0.243 e. The van der Waals surface area contributed by atoms with Crippen LogP contribution in [-0.2, 0) is 4.79 Å². The third kappa shape index (κ3) is 5.60. The summed E-state index contributed by atoms with van der Waals surface area (Å²) in [5.74, 6) is 0.694. The summed E-state index contributed by atoms with van der Waals surface area (Å²) >= 11 is 3.48. The Morgan fingerprint density at radius 3 is 2.39 bits per heavy atom. The number of carbonyl (C=O) groups is 1. The van der Waals surface area contributed by atoms with Crippen LogP contribution in [0.5, 0.6) is 5.75 Å². The summed E-state index contributed by atoms with van der Waals surface area (Å²) in [5, 5.41) is 5.95. The van der Waals surface area contributed by atoms with E-state index in [0.717, 1.165) is 27.2 Å². The van der Waals surface area contributed by atoms with Gasteiger partial charge in [-0.1, -0.05) is 22.0 Å². The molecule has 0 aromatic heterocycles. The molecule has 1 amide bonds. The highest BCUT2D eigenvalue weighted by Gasteiger charge is 2.04. The number of hydrogen-bond acceptors (Lipinski definition) is 3. The van der Waals surface area contributed by atoms with Gasteiger partial charge < -0.3 is 15.4 Å². The maximum atomic E-state index is 12.0. The number of aryl methyl sites for hydroxylation is 1. The van der Waals surface area contributed by atoms with Crippen molar-refractivity contribution in [2.24, 2.45) is 0 Å². The van der Waals surface area contributed by atoms with Gasteiger partial charge in [0.1, 0.15) is 5.75 Å². The molecular weight excluding hydrogens is 356 g/mol. The Balaban J connectivity index is 1.85. The van der Waals surface area contributed by atoms with Crippen LogP contribution in [0.2, 0.25) is 0 Å². The summed E-state index contributed by atoms with van der Waals surface area (Å²) in [4.78, 5) is 12.0. The van der Waals surface area contributed by atoms with E-state index in [2.05, 4.69) is 26.6 Å². The minimum Gasteiger partial charge on any atom is -0.491 e. The first-order valence-electron chi connectivity index (χ1n) is 7.50. The van der Waals surface area contributed by atoms with Crippen LogP contribution in [0.4, 0.5) is 11.4 Å². The number of hydrogen-bond donors (Lipinski definition) is 2. The Morgan fingerprint density at radius 1 is 1.13 bits per heavy atom. The fourth-order valence-corrected chi connectivity index (χ4v) is 2.36. The van der Waals surface area contributed by atoms with Gasteiger partial charge in [0.15, 0.2) is 0 Å². The summed E-state index contributed by atoms with van der Waals surface area (Å²) in [5.41, 5.74) is 2.81. The van der Waals surface area contributed by atoms with Crippen molar-refractivity contribution < 1.29 is 9.53 Å². The number of ether oxygens (including phenoxy) is 1. The molecule has 23 heavy (non-hydrogen) atoms. The van der Waals surface area contributed by atoms with E-state index >= 15 is 0 Å². The zero-order valence-electron chi connectivity index (χ0n) is 13.5. The van der Waals surface area contributed by atoms with Crippen LogP contribution >= 0.6 is 15.9 Å². The average molecular weight is 377 g/mol. The van der Waals surface area contributed by atoms with Crippen LogP contribution in [0.15, 0.2) is 46.9 Å². The van der Waals surface area contributed by atoms with Gasteiger partial charge in [0.2, 0.25) is 5.91 Å². The molecule has 2 aromatic rings. The highest BCUT2D eigenvalue weighted by molar-refractivity contribution is 9.10. The first-order chi connectivity index (χ1) is 10.9. The Morgan fingerprint density at radius 2 is 1.78 bits per heavy atom. The van der Waals surface area contributed by atoms with Gasteiger partial charge >= 0.3 is 0 Å². The van der Waals surface area contributed by atoms with Crippen molar-refractivity contribution in [3.8, 4) is 5.75 Å². The molecule has 0 aliphatic carbocycles. The molecule has 0 aliphatic rings. The highest BCUT2D eigenvalue weighted by Crippen LogP contribution is 2.20. The van der Waals surface area contributed by atoms with E-state index in [-0.39, 0.29) is 18.6 Å². The number of amides is 1. The standard InChI is InChI=1S/C18H21BrN2O2/c1-12(2)23-16-8-6-14(7-9-16)21-18(22)11-20-15-5-4-13(3)17(19)10-15/h4-10,12,20H,11H2,1-3H3,(H,21,22). The van der Waals surface area contributed by atoms with E-state index in [4.69, 9.17) is 4.74 Å². The monoisotopic (exact) mass is 376 g/mol. The SMILES string of the molecule is Cc1ccc(NCC(=O)Nc2ccc(OC(C)C)cc2)cc1Br. The molecule has 0 atom stereocenters. The predicted octanol–water partition coefficient (Wildman–Crippen LogP) is 4.60. The van der Waals surface area contributed by atoms with Crippen LogP contribution in [-0.4, -0.2) is 18.6 Å². The molecule has 2 rings (SSSR count). The Hall–Kier alpha value is -2.01. The average Bonchev–Trinajstić information content (AvgIpc) is 2.50. The van der Waals surface area contributed by atoms with Crippen molar-refractivity contribution >= 4 is 33.2 Å². The second-order valence-corrected chi connectivity index (χ2v) is 6.41. The Bertz CT molecular complexity index is 669. The van der Waals surface area contributed by atoms with Crippen molar-refractivity contribution in [1.29, 1.82) is 0 Å². The molecule has 0 unspecified atom stereocenters. The van der Waals surface area contributed by atoms with Gasteiger partial charge in [-0.05, 0) is 62.7 Å². The van der Waals surface area contributed by atoms with E-state index in [0.29, 0.717) is 0 Å². The van der Waals surface area contributed by atoms with E-state index < -0.39 is 0 Å². The molecule has 2 N–H and O–H groups in total. The molecule has 0 radical (unpaired) electrons. The van der Waals surface area contributed by atoms with Crippen LogP contribution in [0.25, 0.3) is 0 Å². The van der Waals surface area contributed by atoms with Crippen LogP contribution in [0.3, 0.4) is 0 Å². The molecule has 122 valence electrons. The van der Waals surface area contributed by atoms with E-state index in [1.54, 1.807) is 0 Å². The topological polar surface area (TPSA) is 50.4 Å². The lowest BCUT2D eigenvalue weighted by Crippen LogP contribution is -2.21. The zero-order valence-corrected chi connectivity index (χ0v) is 15.1. The molecule has 0 aliphatic heterocycles. The Labute approximate surface area is 145 Å². The van der Waals surface area contributed by atoms with E-state index in [1.165, 1.54) is 0 Å². The highest BCUT2D eigenvalue weighted by atomic mass is 79.9. The van der Waals surface area contributed by atoms with Crippen molar-refractivity contribution in [1.82, 2.24) is 0 Å². The molecular formula is C18H21BrN2O2. The molecule has 0 spiro atoms. The zero-order chi connectivity index (χ0) is 16.8. The fourth-order valence-electron chi connectivity index (χ4n) is 1.98. The number of halogens is 1. The third-order valence-electron chi connectivity index (χ3n) is 3.13. The predicted molar refractivity (Wildman–Crippen MR) is 98.2 cm³/mol. The van der Waals surface area contributed by atoms with Crippen LogP contribution in [0.1, 0.15) is 19.4 Å². The van der Waals surface area contributed by atoms with Gasteiger partial charge in [-0.15, -0.1) is 0 Å². The largest absolute Gasteiger partial charge is 0.491 e. The summed E-state index contributed by atoms with van der Waals surface area (Å²) in [7, 11) is 0. The molecule has 0 fully saturated rings. The molecule has 5 heteroatoms. The first-order valence-corrected chi connectivity index (χ1v) is 8.30. The second kappa shape index (κ2) is 8.02. The fraction of sp³-hybridized carbons (Fsp3) is 0.278. The molecule has 0 heterocycles. The van der Waals surface area contributed by atoms with Crippen molar-refractivity contribution in [3.63, 3.8) is 0 Å². The normalized spacial score (nSPS) is 10.5. The van der Waals surface area contributed by atoms with Gasteiger partial charge in [-0.2, -0.15) is 0 Å². The molecule has 0 saturated heterocycles. The van der Waals surface area contributed by atoms with E-state index in [9.17, 15) is 4.79 Å². The van der Waals surface area contributed by atoms with E-state index in [1.807, 2.05) is 63.2 Å². The number of nitrogens with one attached hydrogen (secondary N) is 2. The lowest BCUT2D eigenvalue weighted by Gasteiger charge is -2.11. The van der Waals surface area contributed by atoms with Crippen LogP contribution < -0.4 is 15.4 Å². The lowest BCUT2D eigenvalue weighted by molar-refractivity contribution is -0.114. The molecule has 2 aromatic carbocycles. The summed E-state index contributed by atoms with van der Waals surface area (Å²) in [6, 6.07) is 13.3. The van der Waals surface area contributed by atoms with Gasteiger partial charge in [0.25, 0.3) is 0 Å². The minimum atomic E-state index is -0.0979. The maximum absolute atomic E-state index is 12.0. The van der Waals surface area contributed by atoms with Crippen LogP contribution in [0, 0.1) is 6.92 Å². The molecule has 4 nitrogen and oxygen atoms in total. The van der Waals surface area contributed by atoms with Gasteiger partial charge in [0, 0.05) is 15.8 Å². The van der Waals surface area contributed by atoms with Crippen molar-refractivity contribution in [2.45, 2.75) is 26.9 Å². The van der Waals surface area contributed by atoms with Gasteiger partial charge in [-0.25, -0.2) is 0 Å². The smallest absolute Gasteiger partial charge is 0.243 e. The summed E-state index contributed by atoms with van der Waals surface area (Å²) < 4.78 is 6.59. The van der Waals surface area contributed by atoms with Gasteiger partial charge in [0.05, 0.1) is 12.6 Å². The quantitative estimate of drug-likeness (QED) is 0.774. The Kier molecular flexibility index (Phi) is 6.04. The molecule has 0 saturated carbocycles. The van der Waals surface area contributed by atoms with Crippen molar-refractivity contribution in [2.75, 3.05) is 17.2 Å². The summed E-state index contributed by atoms with van der Waals surface area (Å²) in [6.45, 7) is 6.18. The van der Waals surface area contributed by atoms with Gasteiger partial charge in [-0.3, -0.25) is 4.79 Å². The third-order valence-corrected chi connectivity index (χ3v) is 3.99. The lowest BCUT2D eigenvalue weighted by atomic mass is 10.2. The number of benzene rings is 2. The molecule has 0 bridgehead atoms. The minimum absolute atomic E-state index is 0.0979.